The number of benzene rings is 6. The van der Waals surface area contributed by atoms with Gasteiger partial charge >= 0.3 is 0 Å². The molecule has 6 aromatic rings. The zero-order valence-electron chi connectivity index (χ0n) is 36.9. The first-order chi connectivity index (χ1) is 29.3. The second-order valence-corrected chi connectivity index (χ2v) is 28.8. The van der Waals surface area contributed by atoms with E-state index < -0.39 is 41.1 Å². The molecule has 5 nitrogen and oxygen atoms in total. The van der Waals surface area contributed by atoms with Crippen LogP contribution in [0.3, 0.4) is 0 Å². The van der Waals surface area contributed by atoms with E-state index in [2.05, 4.69) is 219 Å². The van der Waals surface area contributed by atoms with Gasteiger partial charge in [-0.2, -0.15) is 0 Å². The number of rotatable bonds is 16. The van der Waals surface area contributed by atoms with E-state index in [1.54, 1.807) is 0 Å². The molecule has 0 aromatic heterocycles. The molecule has 318 valence electrons. The number of hydrogen-bond acceptors (Lipinski definition) is 5. The van der Waals surface area contributed by atoms with Crippen molar-refractivity contribution in [3.8, 4) is 0 Å². The van der Waals surface area contributed by atoms with Crippen LogP contribution in [0.2, 0.25) is 10.1 Å². The highest BCUT2D eigenvalue weighted by atomic mass is 31.1. The molecule has 61 heavy (non-hydrogen) atoms. The van der Waals surface area contributed by atoms with Crippen molar-refractivity contribution >= 4 is 65.6 Å². The van der Waals surface area contributed by atoms with Crippen molar-refractivity contribution in [2.24, 2.45) is 0 Å². The lowest BCUT2D eigenvalue weighted by atomic mass is 10.1. The van der Waals surface area contributed by atoms with Gasteiger partial charge in [0.05, 0.1) is 13.2 Å². The van der Waals surface area contributed by atoms with Crippen LogP contribution in [0.15, 0.2) is 170 Å². The fraction of sp³-hybridized carbons (Fsp3) is 0.308. The topological polar surface area (TPSA) is 46.2 Å². The van der Waals surface area contributed by atoms with Crippen molar-refractivity contribution in [2.75, 3.05) is 13.2 Å². The van der Waals surface area contributed by atoms with Crippen LogP contribution in [0.25, 0.3) is 0 Å². The van der Waals surface area contributed by atoms with Gasteiger partial charge in [-0.3, -0.25) is 0 Å². The molecular weight excluding hydrogens is 823 g/mol. The van der Waals surface area contributed by atoms with E-state index in [9.17, 15) is 0 Å². The molecule has 1 fully saturated rings. The van der Waals surface area contributed by atoms with E-state index in [0.29, 0.717) is 13.2 Å². The summed E-state index contributed by atoms with van der Waals surface area (Å²) in [4.78, 5) is 0. The predicted molar refractivity (Wildman–Crippen MR) is 264 cm³/mol. The largest absolute Gasteiger partial charge is 0.405 e. The molecule has 1 aliphatic rings. The molecule has 0 aliphatic carbocycles. The lowest BCUT2D eigenvalue weighted by Crippen LogP contribution is -2.67. The maximum atomic E-state index is 7.62. The fourth-order valence-electron chi connectivity index (χ4n) is 9.00. The second-order valence-electron chi connectivity index (χ2n) is 18.2. The van der Waals surface area contributed by atoms with Gasteiger partial charge in [0, 0.05) is 22.9 Å². The first kappa shape index (κ1) is 45.4. The zero-order chi connectivity index (χ0) is 43.1. The van der Waals surface area contributed by atoms with Gasteiger partial charge in [0.1, 0.15) is 24.4 Å². The van der Waals surface area contributed by atoms with Crippen LogP contribution in [-0.4, -0.2) is 54.3 Å². The molecule has 0 N–H and O–H groups in total. The summed E-state index contributed by atoms with van der Waals surface area (Å²) >= 11 is 0. The average molecular weight is 885 g/mol. The van der Waals surface area contributed by atoms with E-state index in [1.807, 2.05) is 6.07 Å². The van der Waals surface area contributed by atoms with Gasteiger partial charge < -0.3 is 22.6 Å². The predicted octanol–water partition coefficient (Wildman–Crippen LogP) is 9.13. The number of ether oxygens (including phenoxy) is 1. The lowest BCUT2D eigenvalue weighted by molar-refractivity contribution is -0.0290. The Hall–Kier alpha value is -3.59. The van der Waals surface area contributed by atoms with Crippen molar-refractivity contribution in [1.82, 2.24) is 0 Å². The third-order valence-corrected chi connectivity index (χ3v) is 24.1. The molecule has 1 heterocycles. The van der Waals surface area contributed by atoms with Crippen molar-refractivity contribution in [3.05, 3.63) is 181 Å². The summed E-state index contributed by atoms with van der Waals surface area (Å²) in [6, 6.07) is 60.3. The highest BCUT2D eigenvalue weighted by Crippen LogP contribution is 2.42. The van der Waals surface area contributed by atoms with E-state index in [0.717, 1.165) is 5.30 Å². The molecule has 7 rings (SSSR count). The van der Waals surface area contributed by atoms with Crippen molar-refractivity contribution in [3.63, 3.8) is 0 Å². The SMILES string of the molecule is Cc1ccc(PO[C@H]2[C@H](OPc3ccccc3)[C@@H](CO[Si](c3ccccc3)(c3ccccc3)C(C)(C)C)O[C@@H]2CO[Si](c2ccccc2)(c2ccccc2)C(C)(C)C)c(C)c1. The molecule has 0 amide bonds. The van der Waals surface area contributed by atoms with Crippen molar-refractivity contribution < 1.29 is 22.6 Å². The number of hydrogen-bond donors (Lipinski definition) is 0. The maximum absolute atomic E-state index is 7.62. The van der Waals surface area contributed by atoms with Crippen LogP contribution < -0.4 is 31.4 Å². The van der Waals surface area contributed by atoms with Gasteiger partial charge in [0.15, 0.2) is 0 Å². The summed E-state index contributed by atoms with van der Waals surface area (Å²) in [5.41, 5.74) is 2.45. The molecule has 0 radical (unpaired) electrons. The molecule has 1 saturated heterocycles. The summed E-state index contributed by atoms with van der Waals surface area (Å²) in [7, 11) is -5.65. The standard InChI is InChI=1S/C52H62O5P2Si2/c1-39-34-35-48(40(2)36-39)59-57-50-47(38-54-61(52(6,7)8,44-30-20-12-21-31-44)45-32-22-13-23-33-45)55-46(49(50)56-58-41-24-14-9-15-25-41)37-53-60(51(3,4)5,42-26-16-10-17-27-42)43-28-18-11-19-29-43/h9-36,46-47,49-50,58-59H,37-38H2,1-8H3/t46-,47-,49-,50-/m1/s1. The zero-order valence-corrected chi connectivity index (χ0v) is 40.9. The minimum Gasteiger partial charge on any atom is -0.405 e. The van der Waals surface area contributed by atoms with E-state index in [1.165, 1.54) is 37.2 Å². The Morgan fingerprint density at radius 2 is 0.836 bits per heavy atom. The Kier molecular flexibility index (Phi) is 14.8. The van der Waals surface area contributed by atoms with E-state index >= 15 is 0 Å². The molecular formula is C52H62O5P2Si2. The van der Waals surface area contributed by atoms with Crippen LogP contribution in [0, 0.1) is 13.8 Å². The number of aryl methyl sites for hydroxylation is 2. The minimum absolute atomic E-state index is 0.0960. The Morgan fingerprint density at radius 3 is 1.20 bits per heavy atom. The molecule has 9 heteroatoms. The minimum atomic E-state index is -2.92. The van der Waals surface area contributed by atoms with Crippen LogP contribution in [0.4, 0.5) is 0 Å². The van der Waals surface area contributed by atoms with Crippen LogP contribution in [0.1, 0.15) is 52.7 Å². The average Bonchev–Trinajstić information content (AvgIpc) is 3.59. The highest BCUT2D eigenvalue weighted by Gasteiger charge is 2.55. The van der Waals surface area contributed by atoms with Crippen LogP contribution in [-0.2, 0) is 22.6 Å². The van der Waals surface area contributed by atoms with Gasteiger partial charge in [-0.05, 0) is 55.5 Å². The molecule has 1 aliphatic heterocycles. The van der Waals surface area contributed by atoms with E-state index in [4.69, 9.17) is 22.6 Å². The van der Waals surface area contributed by atoms with Crippen molar-refractivity contribution in [1.29, 1.82) is 0 Å². The smallest absolute Gasteiger partial charge is 0.261 e. The van der Waals surface area contributed by atoms with Crippen LogP contribution >= 0.6 is 17.6 Å². The quantitative estimate of drug-likeness (QED) is 0.0718. The maximum Gasteiger partial charge on any atom is 0.261 e. The molecule has 2 unspecified atom stereocenters. The Morgan fingerprint density at radius 1 is 0.475 bits per heavy atom. The Balaban J connectivity index is 1.30. The molecule has 0 saturated carbocycles. The summed E-state index contributed by atoms with van der Waals surface area (Å²) in [5.74, 6) is 0. The third kappa shape index (κ3) is 9.97. The van der Waals surface area contributed by atoms with Gasteiger partial charge in [0.2, 0.25) is 0 Å². The monoisotopic (exact) mass is 884 g/mol. The van der Waals surface area contributed by atoms with Gasteiger partial charge in [0.25, 0.3) is 16.6 Å². The van der Waals surface area contributed by atoms with Gasteiger partial charge in [-0.1, -0.05) is 217 Å². The molecule has 0 bridgehead atoms. The molecule has 6 atom stereocenters. The summed E-state index contributed by atoms with van der Waals surface area (Å²) < 4.78 is 36.8. The molecule has 6 aromatic carbocycles. The highest BCUT2D eigenvalue weighted by molar-refractivity contribution is 7.42. The first-order valence-electron chi connectivity index (χ1n) is 21.4. The summed E-state index contributed by atoms with van der Waals surface area (Å²) in [6.45, 7) is 18.9. The van der Waals surface area contributed by atoms with E-state index in [-0.39, 0.29) is 27.7 Å². The van der Waals surface area contributed by atoms with Gasteiger partial charge in [-0.25, -0.2) is 0 Å². The third-order valence-electron chi connectivity index (χ3n) is 11.9. The Bertz CT molecular complexity index is 2190. The second kappa shape index (κ2) is 19.9. The van der Waals surface area contributed by atoms with Gasteiger partial charge in [-0.15, -0.1) is 0 Å². The molecule has 0 spiro atoms. The summed E-state index contributed by atoms with van der Waals surface area (Å²) in [5, 5.41) is 6.80. The normalized spacial score (nSPS) is 19.0. The summed E-state index contributed by atoms with van der Waals surface area (Å²) in [6.07, 6.45) is -1.72. The fourth-order valence-corrected chi connectivity index (χ4v) is 20.0. The lowest BCUT2D eigenvalue weighted by Gasteiger charge is -2.44. The van der Waals surface area contributed by atoms with Crippen molar-refractivity contribution in [2.45, 2.75) is 89.9 Å². The Labute approximate surface area is 370 Å². The first-order valence-corrected chi connectivity index (χ1v) is 27.1. The van der Waals surface area contributed by atoms with Crippen LogP contribution in [0.5, 0.6) is 0 Å².